The van der Waals surface area contributed by atoms with Crippen LogP contribution in [0.15, 0.2) is 52.4 Å². The van der Waals surface area contributed by atoms with E-state index in [9.17, 15) is 9.59 Å². The first-order chi connectivity index (χ1) is 11.5. The Morgan fingerprint density at radius 3 is 2.62 bits per heavy atom. The van der Waals surface area contributed by atoms with Crippen LogP contribution in [0.25, 0.3) is 16.6 Å². The van der Waals surface area contributed by atoms with Gasteiger partial charge in [0, 0.05) is 0 Å². The van der Waals surface area contributed by atoms with Crippen molar-refractivity contribution in [1.82, 2.24) is 9.55 Å². The molecule has 0 saturated heterocycles. The van der Waals surface area contributed by atoms with Crippen LogP contribution in [0, 0.1) is 13.8 Å². The Morgan fingerprint density at radius 1 is 1.17 bits per heavy atom. The van der Waals surface area contributed by atoms with E-state index < -0.39 is 0 Å². The van der Waals surface area contributed by atoms with Gasteiger partial charge >= 0.3 is 0 Å². The van der Waals surface area contributed by atoms with Gasteiger partial charge in [-0.15, -0.1) is 0 Å². The molecule has 0 spiro atoms. The lowest BCUT2D eigenvalue weighted by Crippen LogP contribution is -2.22. The number of thioether (sulfide) groups is 1. The fourth-order valence-corrected chi connectivity index (χ4v) is 3.45. The van der Waals surface area contributed by atoms with Gasteiger partial charge in [-0.1, -0.05) is 41.6 Å². The fraction of sp³-hybridized carbons (Fsp3) is 0.211. The van der Waals surface area contributed by atoms with E-state index in [1.165, 1.54) is 18.7 Å². The zero-order chi connectivity index (χ0) is 17.3. The number of Topliss-reactive ketones (excluding diaryl/α,β-unsaturated/α-hetero) is 1. The summed E-state index contributed by atoms with van der Waals surface area (Å²) in [5.74, 6) is 0.338. The van der Waals surface area contributed by atoms with Gasteiger partial charge in [-0.25, -0.2) is 4.98 Å². The normalized spacial score (nSPS) is 11.0. The van der Waals surface area contributed by atoms with Gasteiger partial charge in [0.05, 0.1) is 22.3 Å². The average Bonchev–Trinajstić information content (AvgIpc) is 2.54. The predicted octanol–water partition coefficient (Wildman–Crippen LogP) is 3.68. The second kappa shape index (κ2) is 6.61. The van der Waals surface area contributed by atoms with Crippen molar-refractivity contribution >= 4 is 28.4 Å². The number of fused-ring (bicyclic) bond motifs is 1. The number of hydrogen-bond donors (Lipinski definition) is 0. The van der Waals surface area contributed by atoms with Crippen LogP contribution in [0.3, 0.4) is 0 Å². The van der Waals surface area contributed by atoms with Gasteiger partial charge in [0.15, 0.2) is 5.16 Å². The largest absolute Gasteiger partial charge is 0.299 e. The number of hydrogen-bond acceptors (Lipinski definition) is 4. The first-order valence-electron chi connectivity index (χ1n) is 7.69. The Labute approximate surface area is 144 Å². The highest BCUT2D eigenvalue weighted by atomic mass is 32.2. The standard InChI is InChI=1S/C19H18N2O2S/c1-12-8-9-17(13(2)10-12)21-18(23)15-6-4-5-7-16(15)20-19(21)24-11-14(3)22/h4-10H,11H2,1-3H3. The van der Waals surface area contributed by atoms with Crippen LogP contribution in [-0.4, -0.2) is 21.1 Å². The van der Waals surface area contributed by atoms with Crippen LogP contribution in [0.1, 0.15) is 18.1 Å². The summed E-state index contributed by atoms with van der Waals surface area (Å²) in [6.07, 6.45) is 0. The number of aryl methyl sites for hydroxylation is 2. The zero-order valence-corrected chi connectivity index (χ0v) is 14.7. The van der Waals surface area contributed by atoms with Gasteiger partial charge in [-0.3, -0.25) is 14.2 Å². The predicted molar refractivity (Wildman–Crippen MR) is 98.2 cm³/mol. The highest BCUT2D eigenvalue weighted by molar-refractivity contribution is 7.99. The van der Waals surface area contributed by atoms with Crippen molar-refractivity contribution in [2.24, 2.45) is 0 Å². The molecule has 0 fully saturated rings. The van der Waals surface area contributed by atoms with E-state index >= 15 is 0 Å². The van der Waals surface area contributed by atoms with Crippen molar-refractivity contribution in [3.05, 3.63) is 63.9 Å². The number of rotatable bonds is 4. The molecule has 0 aliphatic heterocycles. The summed E-state index contributed by atoms with van der Waals surface area (Å²) in [7, 11) is 0. The van der Waals surface area contributed by atoms with Crippen molar-refractivity contribution in [3.8, 4) is 5.69 Å². The summed E-state index contributed by atoms with van der Waals surface area (Å²) in [6, 6.07) is 13.2. The number of nitrogens with zero attached hydrogens (tertiary/aromatic N) is 2. The van der Waals surface area contributed by atoms with E-state index in [4.69, 9.17) is 0 Å². The summed E-state index contributed by atoms with van der Waals surface area (Å²) in [5.41, 5.74) is 3.47. The lowest BCUT2D eigenvalue weighted by Gasteiger charge is -2.15. The van der Waals surface area contributed by atoms with Gasteiger partial charge in [0.1, 0.15) is 5.78 Å². The first kappa shape index (κ1) is 16.5. The third-order valence-electron chi connectivity index (χ3n) is 3.74. The Hall–Kier alpha value is -2.40. The van der Waals surface area contributed by atoms with E-state index in [0.717, 1.165) is 16.8 Å². The van der Waals surface area contributed by atoms with Crippen molar-refractivity contribution < 1.29 is 4.79 Å². The minimum Gasteiger partial charge on any atom is -0.299 e. The molecule has 0 amide bonds. The third kappa shape index (κ3) is 3.12. The van der Waals surface area contributed by atoms with E-state index in [1.807, 2.05) is 50.2 Å². The second-order valence-corrected chi connectivity index (χ2v) is 6.78. The molecule has 2 aromatic carbocycles. The molecule has 0 aliphatic rings. The summed E-state index contributed by atoms with van der Waals surface area (Å²) < 4.78 is 1.62. The number of benzene rings is 2. The van der Waals surface area contributed by atoms with E-state index in [2.05, 4.69) is 4.98 Å². The summed E-state index contributed by atoms with van der Waals surface area (Å²) in [4.78, 5) is 29.1. The minimum absolute atomic E-state index is 0.0505. The van der Waals surface area contributed by atoms with Crippen molar-refractivity contribution in [2.75, 3.05) is 5.75 Å². The Bertz CT molecular complexity index is 992. The van der Waals surface area contributed by atoms with Crippen LogP contribution in [0.4, 0.5) is 0 Å². The smallest absolute Gasteiger partial charge is 0.266 e. The van der Waals surface area contributed by atoms with Gasteiger partial charge in [-0.05, 0) is 44.5 Å². The number of aromatic nitrogens is 2. The van der Waals surface area contributed by atoms with E-state index in [-0.39, 0.29) is 17.1 Å². The Balaban J connectivity index is 2.30. The second-order valence-electron chi connectivity index (χ2n) is 5.83. The molecule has 0 radical (unpaired) electrons. The topological polar surface area (TPSA) is 52.0 Å². The van der Waals surface area contributed by atoms with Crippen LogP contribution in [0.5, 0.6) is 0 Å². The monoisotopic (exact) mass is 338 g/mol. The number of ketones is 1. The van der Waals surface area contributed by atoms with Gasteiger partial charge in [0.2, 0.25) is 0 Å². The number of carbonyl (C=O) groups is 1. The number of para-hydroxylation sites is 1. The Morgan fingerprint density at radius 2 is 1.92 bits per heavy atom. The van der Waals surface area contributed by atoms with Crippen LogP contribution in [-0.2, 0) is 4.79 Å². The summed E-state index contributed by atoms with van der Waals surface area (Å²) in [5, 5.41) is 1.12. The molecule has 122 valence electrons. The van der Waals surface area contributed by atoms with Gasteiger partial charge in [-0.2, -0.15) is 0 Å². The maximum absolute atomic E-state index is 13.1. The molecule has 3 rings (SSSR count). The van der Waals surface area contributed by atoms with Crippen molar-refractivity contribution in [2.45, 2.75) is 25.9 Å². The highest BCUT2D eigenvalue weighted by Crippen LogP contribution is 2.23. The van der Waals surface area contributed by atoms with Gasteiger partial charge < -0.3 is 0 Å². The zero-order valence-electron chi connectivity index (χ0n) is 13.9. The molecule has 0 unspecified atom stereocenters. The first-order valence-corrected chi connectivity index (χ1v) is 8.67. The molecule has 0 bridgehead atoms. The minimum atomic E-state index is -0.112. The molecule has 5 heteroatoms. The maximum atomic E-state index is 13.1. The molecule has 24 heavy (non-hydrogen) atoms. The van der Waals surface area contributed by atoms with Crippen LogP contribution in [0.2, 0.25) is 0 Å². The quantitative estimate of drug-likeness (QED) is 0.538. The fourth-order valence-electron chi connectivity index (χ4n) is 2.64. The molecule has 0 saturated carbocycles. The highest BCUT2D eigenvalue weighted by Gasteiger charge is 2.15. The summed E-state index contributed by atoms with van der Waals surface area (Å²) in [6.45, 7) is 5.53. The lowest BCUT2D eigenvalue weighted by atomic mass is 10.1. The molecule has 1 aromatic heterocycles. The SMILES string of the molecule is CC(=O)CSc1nc2ccccc2c(=O)n1-c1ccc(C)cc1C. The van der Waals surface area contributed by atoms with E-state index in [1.54, 1.807) is 10.6 Å². The lowest BCUT2D eigenvalue weighted by molar-refractivity contribution is -0.114. The van der Waals surface area contributed by atoms with Crippen molar-refractivity contribution in [1.29, 1.82) is 0 Å². The third-order valence-corrected chi connectivity index (χ3v) is 4.83. The summed E-state index contributed by atoms with van der Waals surface area (Å²) >= 11 is 1.29. The van der Waals surface area contributed by atoms with Crippen molar-refractivity contribution in [3.63, 3.8) is 0 Å². The average molecular weight is 338 g/mol. The van der Waals surface area contributed by atoms with E-state index in [0.29, 0.717) is 16.1 Å². The maximum Gasteiger partial charge on any atom is 0.266 e. The Kier molecular flexibility index (Phi) is 4.53. The molecule has 0 atom stereocenters. The van der Waals surface area contributed by atoms with Crippen LogP contribution < -0.4 is 5.56 Å². The van der Waals surface area contributed by atoms with Crippen LogP contribution >= 0.6 is 11.8 Å². The molecule has 1 heterocycles. The number of carbonyl (C=O) groups excluding carboxylic acids is 1. The molecular formula is C19H18N2O2S. The van der Waals surface area contributed by atoms with Gasteiger partial charge in [0.25, 0.3) is 5.56 Å². The molecule has 0 N–H and O–H groups in total. The molecular weight excluding hydrogens is 320 g/mol. The molecule has 0 aliphatic carbocycles. The molecule has 4 nitrogen and oxygen atoms in total. The molecule has 3 aromatic rings.